The van der Waals surface area contributed by atoms with E-state index in [0.29, 0.717) is 23.3 Å². The molecule has 0 saturated carbocycles. The first-order chi connectivity index (χ1) is 14.1. The molecule has 29 heavy (non-hydrogen) atoms. The molecule has 2 N–H and O–H groups in total. The van der Waals surface area contributed by atoms with Crippen molar-refractivity contribution in [2.24, 2.45) is 0 Å². The number of carbonyl (C=O) groups is 1. The second kappa shape index (κ2) is 8.54. The van der Waals surface area contributed by atoms with Crippen LogP contribution in [0, 0.1) is 0 Å². The number of amides is 1. The summed E-state index contributed by atoms with van der Waals surface area (Å²) in [6, 6.07) is 7.13. The maximum absolute atomic E-state index is 12.4. The molecule has 1 aliphatic rings. The SMILES string of the molecule is CC(OCC1CCCCO1)C(=O)Nc1ccc(-n2ncc3c(=O)[nH]cnc32)cc1. The number of H-pyrrole nitrogens is 1. The van der Waals surface area contributed by atoms with Crippen molar-refractivity contribution in [3.05, 3.63) is 47.1 Å². The lowest BCUT2D eigenvalue weighted by Gasteiger charge is -2.23. The molecule has 4 rings (SSSR count). The molecule has 1 amide bonds. The molecule has 2 atom stereocenters. The molecule has 1 fully saturated rings. The van der Waals surface area contributed by atoms with Gasteiger partial charge >= 0.3 is 0 Å². The van der Waals surface area contributed by atoms with E-state index in [0.717, 1.165) is 31.6 Å². The highest BCUT2D eigenvalue weighted by atomic mass is 16.5. The molecule has 3 aromatic rings. The van der Waals surface area contributed by atoms with Crippen molar-refractivity contribution < 1.29 is 14.3 Å². The molecule has 1 saturated heterocycles. The number of hydrogen-bond acceptors (Lipinski definition) is 6. The molecular formula is C20H23N5O4. The van der Waals surface area contributed by atoms with Gasteiger partial charge in [-0.1, -0.05) is 0 Å². The molecule has 2 aromatic heterocycles. The van der Waals surface area contributed by atoms with Gasteiger partial charge in [0.25, 0.3) is 11.5 Å². The quantitative estimate of drug-likeness (QED) is 0.658. The molecule has 3 heterocycles. The van der Waals surface area contributed by atoms with Crippen molar-refractivity contribution in [3.63, 3.8) is 0 Å². The van der Waals surface area contributed by atoms with E-state index in [2.05, 4.69) is 20.4 Å². The predicted octanol–water partition coefficient (Wildman–Crippen LogP) is 2.02. The fourth-order valence-electron chi connectivity index (χ4n) is 3.24. The Bertz CT molecular complexity index is 1040. The van der Waals surface area contributed by atoms with Crippen LogP contribution in [0.1, 0.15) is 26.2 Å². The minimum atomic E-state index is -0.578. The third-order valence-electron chi connectivity index (χ3n) is 4.93. The third kappa shape index (κ3) is 4.36. The monoisotopic (exact) mass is 397 g/mol. The number of carbonyl (C=O) groups excluding carboxylic acids is 1. The summed E-state index contributed by atoms with van der Waals surface area (Å²) in [5.74, 6) is -0.216. The summed E-state index contributed by atoms with van der Waals surface area (Å²) < 4.78 is 12.9. The zero-order chi connectivity index (χ0) is 20.2. The smallest absolute Gasteiger partial charge is 0.261 e. The van der Waals surface area contributed by atoms with Crippen LogP contribution in [0.5, 0.6) is 0 Å². The van der Waals surface area contributed by atoms with Gasteiger partial charge < -0.3 is 19.8 Å². The van der Waals surface area contributed by atoms with Gasteiger partial charge in [0, 0.05) is 12.3 Å². The van der Waals surface area contributed by atoms with Crippen molar-refractivity contribution in [1.82, 2.24) is 19.7 Å². The van der Waals surface area contributed by atoms with Gasteiger partial charge in [0.05, 0.1) is 30.9 Å². The first kappa shape index (κ1) is 19.3. The van der Waals surface area contributed by atoms with E-state index in [-0.39, 0.29) is 17.6 Å². The Balaban J connectivity index is 1.38. The molecule has 9 nitrogen and oxygen atoms in total. The predicted molar refractivity (Wildman–Crippen MR) is 107 cm³/mol. The third-order valence-corrected chi connectivity index (χ3v) is 4.93. The number of anilines is 1. The van der Waals surface area contributed by atoms with E-state index >= 15 is 0 Å². The van der Waals surface area contributed by atoms with E-state index in [1.165, 1.54) is 12.5 Å². The minimum Gasteiger partial charge on any atom is -0.376 e. The number of benzene rings is 1. The Hall–Kier alpha value is -3.04. The summed E-state index contributed by atoms with van der Waals surface area (Å²) in [6.45, 7) is 2.91. The van der Waals surface area contributed by atoms with Gasteiger partial charge in [-0.25, -0.2) is 9.67 Å². The molecule has 2 unspecified atom stereocenters. The van der Waals surface area contributed by atoms with Crippen LogP contribution >= 0.6 is 0 Å². The zero-order valence-electron chi connectivity index (χ0n) is 16.1. The molecule has 1 aliphatic heterocycles. The number of aromatic amines is 1. The molecule has 0 aliphatic carbocycles. The van der Waals surface area contributed by atoms with Crippen LogP contribution in [0.3, 0.4) is 0 Å². The van der Waals surface area contributed by atoms with E-state index in [1.807, 2.05) is 0 Å². The number of ether oxygens (including phenoxy) is 2. The van der Waals surface area contributed by atoms with Gasteiger partial charge in [-0.2, -0.15) is 5.10 Å². The number of hydrogen-bond donors (Lipinski definition) is 2. The van der Waals surface area contributed by atoms with Crippen molar-refractivity contribution in [1.29, 1.82) is 0 Å². The summed E-state index contributed by atoms with van der Waals surface area (Å²) in [6.07, 6.45) is 5.51. The number of fused-ring (bicyclic) bond motifs is 1. The highest BCUT2D eigenvalue weighted by Gasteiger charge is 2.19. The van der Waals surface area contributed by atoms with Crippen LogP contribution in [0.4, 0.5) is 5.69 Å². The van der Waals surface area contributed by atoms with E-state index in [1.54, 1.807) is 35.9 Å². The molecule has 152 valence electrons. The summed E-state index contributed by atoms with van der Waals surface area (Å²) in [5, 5.41) is 7.49. The number of nitrogens with one attached hydrogen (secondary N) is 2. The normalized spacial score (nSPS) is 17.9. The average Bonchev–Trinajstić information content (AvgIpc) is 3.19. The largest absolute Gasteiger partial charge is 0.376 e. The summed E-state index contributed by atoms with van der Waals surface area (Å²) in [5.41, 5.74) is 1.61. The molecule has 0 spiro atoms. The Morgan fingerprint density at radius 3 is 2.97 bits per heavy atom. The van der Waals surface area contributed by atoms with E-state index in [4.69, 9.17) is 9.47 Å². The number of nitrogens with zero attached hydrogens (tertiary/aromatic N) is 3. The molecule has 0 radical (unpaired) electrons. The van der Waals surface area contributed by atoms with Crippen LogP contribution < -0.4 is 10.9 Å². The Morgan fingerprint density at radius 1 is 1.38 bits per heavy atom. The number of rotatable bonds is 6. The van der Waals surface area contributed by atoms with Gasteiger partial charge in [0.2, 0.25) is 0 Å². The van der Waals surface area contributed by atoms with Gasteiger partial charge in [0.1, 0.15) is 11.5 Å². The van der Waals surface area contributed by atoms with Crippen molar-refractivity contribution in [2.75, 3.05) is 18.5 Å². The summed E-state index contributed by atoms with van der Waals surface area (Å²) in [7, 11) is 0. The Morgan fingerprint density at radius 2 is 2.21 bits per heavy atom. The van der Waals surface area contributed by atoms with Gasteiger partial charge in [0.15, 0.2) is 5.65 Å². The first-order valence-electron chi connectivity index (χ1n) is 9.68. The van der Waals surface area contributed by atoms with Gasteiger partial charge in [-0.3, -0.25) is 9.59 Å². The molecule has 0 bridgehead atoms. The lowest BCUT2D eigenvalue weighted by molar-refractivity contribution is -0.130. The molecular weight excluding hydrogens is 374 g/mol. The summed E-state index contributed by atoms with van der Waals surface area (Å²) >= 11 is 0. The Labute approximate surface area is 167 Å². The van der Waals surface area contributed by atoms with Gasteiger partial charge in [-0.05, 0) is 50.5 Å². The maximum Gasteiger partial charge on any atom is 0.261 e. The fraction of sp³-hybridized carbons (Fsp3) is 0.400. The lowest BCUT2D eigenvalue weighted by Crippen LogP contribution is -2.32. The standard InChI is InChI=1S/C20H23N5O4/c1-13(29-11-16-4-2-3-9-28-16)19(26)24-14-5-7-15(8-6-14)25-18-17(10-23-25)20(27)22-12-21-18/h5-8,10,12-13,16H,2-4,9,11H2,1H3,(H,24,26)(H,21,22,27). The Kier molecular flexibility index (Phi) is 5.68. The van der Waals surface area contributed by atoms with E-state index < -0.39 is 6.10 Å². The fourth-order valence-corrected chi connectivity index (χ4v) is 3.24. The van der Waals surface area contributed by atoms with Crippen molar-refractivity contribution in [2.45, 2.75) is 38.4 Å². The van der Waals surface area contributed by atoms with Crippen molar-refractivity contribution >= 4 is 22.6 Å². The van der Waals surface area contributed by atoms with Crippen molar-refractivity contribution in [3.8, 4) is 5.69 Å². The summed E-state index contributed by atoms with van der Waals surface area (Å²) in [4.78, 5) is 30.9. The topological polar surface area (TPSA) is 111 Å². The van der Waals surface area contributed by atoms with Crippen LogP contribution in [0.2, 0.25) is 0 Å². The van der Waals surface area contributed by atoms with Crippen LogP contribution in [0.15, 0.2) is 41.6 Å². The zero-order valence-corrected chi connectivity index (χ0v) is 16.1. The minimum absolute atomic E-state index is 0.0722. The molecule has 1 aromatic carbocycles. The van der Waals surface area contributed by atoms with Gasteiger partial charge in [-0.15, -0.1) is 0 Å². The number of aromatic nitrogens is 4. The first-order valence-corrected chi connectivity index (χ1v) is 9.68. The second-order valence-electron chi connectivity index (χ2n) is 7.03. The van der Waals surface area contributed by atoms with E-state index in [9.17, 15) is 9.59 Å². The highest BCUT2D eigenvalue weighted by molar-refractivity contribution is 5.94. The molecule has 9 heteroatoms. The highest BCUT2D eigenvalue weighted by Crippen LogP contribution is 2.17. The van der Waals surface area contributed by atoms with Crippen LogP contribution in [0.25, 0.3) is 16.7 Å². The van der Waals surface area contributed by atoms with Crippen LogP contribution in [-0.4, -0.2) is 51.1 Å². The maximum atomic E-state index is 12.4. The second-order valence-corrected chi connectivity index (χ2v) is 7.03. The average molecular weight is 397 g/mol. The van der Waals surface area contributed by atoms with Crippen LogP contribution in [-0.2, 0) is 14.3 Å². The lowest BCUT2D eigenvalue weighted by atomic mass is 10.1.